The average Bonchev–Trinajstić information content (AvgIpc) is 2.37. The predicted octanol–water partition coefficient (Wildman–Crippen LogP) is 3.10. The molecule has 1 heterocycles. The number of furan rings is 1. The summed E-state index contributed by atoms with van der Waals surface area (Å²) in [6, 6.07) is 2.00. The molecule has 60 valence electrons. The van der Waals surface area contributed by atoms with Crippen LogP contribution in [0.1, 0.15) is 24.2 Å². The van der Waals surface area contributed by atoms with Crippen LogP contribution in [0, 0.1) is 6.92 Å². The second-order valence-corrected chi connectivity index (χ2v) is 2.71. The van der Waals surface area contributed by atoms with Crippen LogP contribution in [0.3, 0.4) is 0 Å². The molecular weight excluding hydrogens is 136 g/mol. The summed E-state index contributed by atoms with van der Waals surface area (Å²) in [5.74, 6) is 1.12. The van der Waals surface area contributed by atoms with E-state index in [1.165, 1.54) is 5.56 Å². The van der Waals surface area contributed by atoms with Gasteiger partial charge in [-0.1, -0.05) is 6.08 Å². The highest BCUT2D eigenvalue weighted by Crippen LogP contribution is 2.11. The molecule has 0 spiro atoms. The van der Waals surface area contributed by atoms with Crippen molar-refractivity contribution >= 4 is 0 Å². The van der Waals surface area contributed by atoms with Crippen LogP contribution in [0.5, 0.6) is 0 Å². The lowest BCUT2D eigenvalue weighted by Gasteiger charge is -1.94. The lowest BCUT2D eigenvalue weighted by atomic mass is 10.1. The van der Waals surface area contributed by atoms with E-state index >= 15 is 0 Å². The Labute approximate surface area is 67.7 Å². The van der Waals surface area contributed by atoms with Crippen molar-refractivity contribution in [3.05, 3.63) is 36.3 Å². The molecule has 1 heteroatoms. The van der Waals surface area contributed by atoms with Crippen LogP contribution >= 0.6 is 0 Å². The molecule has 0 atom stereocenters. The van der Waals surface area contributed by atoms with Gasteiger partial charge in [0.05, 0.1) is 6.26 Å². The van der Waals surface area contributed by atoms with E-state index in [9.17, 15) is 0 Å². The molecule has 0 unspecified atom stereocenters. The van der Waals surface area contributed by atoms with Gasteiger partial charge < -0.3 is 4.42 Å². The second-order valence-electron chi connectivity index (χ2n) is 2.71. The molecule has 0 aromatic carbocycles. The van der Waals surface area contributed by atoms with Gasteiger partial charge in [-0.25, -0.2) is 0 Å². The average molecular weight is 150 g/mol. The van der Waals surface area contributed by atoms with Crippen molar-refractivity contribution in [2.45, 2.75) is 26.2 Å². The Morgan fingerprint density at radius 3 is 3.00 bits per heavy atom. The summed E-state index contributed by atoms with van der Waals surface area (Å²) < 4.78 is 5.28. The Morgan fingerprint density at radius 2 is 2.45 bits per heavy atom. The van der Waals surface area contributed by atoms with Gasteiger partial charge >= 0.3 is 0 Å². The summed E-state index contributed by atoms with van der Waals surface area (Å²) in [5.41, 5.74) is 1.26. The topological polar surface area (TPSA) is 13.1 Å². The molecule has 1 aromatic heterocycles. The molecule has 0 N–H and O–H groups in total. The van der Waals surface area contributed by atoms with E-state index in [2.05, 4.69) is 13.5 Å². The first-order chi connectivity index (χ1) is 5.34. The third kappa shape index (κ3) is 2.26. The number of hydrogen-bond acceptors (Lipinski definition) is 1. The van der Waals surface area contributed by atoms with Crippen LogP contribution in [0.15, 0.2) is 29.4 Å². The molecule has 0 radical (unpaired) electrons. The molecule has 0 saturated carbocycles. The Balaban J connectivity index is 2.38. The highest BCUT2D eigenvalue weighted by atomic mass is 16.3. The zero-order chi connectivity index (χ0) is 8.10. The molecule has 0 aliphatic rings. The van der Waals surface area contributed by atoms with Crippen molar-refractivity contribution in [2.24, 2.45) is 0 Å². The van der Waals surface area contributed by atoms with Gasteiger partial charge in [-0.05, 0) is 31.4 Å². The van der Waals surface area contributed by atoms with Gasteiger partial charge in [-0.3, -0.25) is 0 Å². The lowest BCUT2D eigenvalue weighted by molar-refractivity contribution is 0.500. The van der Waals surface area contributed by atoms with Crippen molar-refractivity contribution in [3.63, 3.8) is 0 Å². The number of rotatable bonds is 4. The summed E-state index contributed by atoms with van der Waals surface area (Å²) in [6.45, 7) is 5.75. The monoisotopic (exact) mass is 150 g/mol. The normalized spacial score (nSPS) is 9.91. The maximum atomic E-state index is 5.28. The number of allylic oxidation sites excluding steroid dienone is 1. The Kier molecular flexibility index (Phi) is 2.96. The van der Waals surface area contributed by atoms with Crippen molar-refractivity contribution in [1.82, 2.24) is 0 Å². The quantitative estimate of drug-likeness (QED) is 0.475. The highest BCUT2D eigenvalue weighted by Gasteiger charge is 1.99. The SMILES string of the molecule is C=CCCCc1occc1C. The second kappa shape index (κ2) is 4.02. The first-order valence-corrected chi connectivity index (χ1v) is 3.98. The zero-order valence-electron chi connectivity index (χ0n) is 6.97. The molecule has 11 heavy (non-hydrogen) atoms. The van der Waals surface area contributed by atoms with E-state index in [4.69, 9.17) is 4.42 Å². The molecule has 0 aliphatic heterocycles. The largest absolute Gasteiger partial charge is 0.469 e. The van der Waals surface area contributed by atoms with E-state index in [1.54, 1.807) is 6.26 Å². The van der Waals surface area contributed by atoms with Gasteiger partial charge in [0.15, 0.2) is 0 Å². The van der Waals surface area contributed by atoms with Gasteiger partial charge in [0.2, 0.25) is 0 Å². The zero-order valence-corrected chi connectivity index (χ0v) is 6.97. The number of hydrogen-bond donors (Lipinski definition) is 0. The number of aryl methyl sites for hydroxylation is 2. The van der Waals surface area contributed by atoms with Gasteiger partial charge in [-0.2, -0.15) is 0 Å². The van der Waals surface area contributed by atoms with E-state index in [-0.39, 0.29) is 0 Å². The van der Waals surface area contributed by atoms with Crippen molar-refractivity contribution in [3.8, 4) is 0 Å². The van der Waals surface area contributed by atoms with Gasteiger partial charge in [0.25, 0.3) is 0 Å². The van der Waals surface area contributed by atoms with Crippen LogP contribution in [0.4, 0.5) is 0 Å². The Hall–Kier alpha value is -0.980. The van der Waals surface area contributed by atoms with Crippen LogP contribution < -0.4 is 0 Å². The first kappa shape index (κ1) is 8.12. The minimum atomic E-state index is 1.03. The molecule has 1 rings (SSSR count). The molecule has 1 nitrogen and oxygen atoms in total. The fourth-order valence-corrected chi connectivity index (χ4v) is 1.07. The smallest absolute Gasteiger partial charge is 0.106 e. The molecule has 1 aromatic rings. The summed E-state index contributed by atoms with van der Waals surface area (Å²) in [7, 11) is 0. The third-order valence-electron chi connectivity index (χ3n) is 1.78. The third-order valence-corrected chi connectivity index (χ3v) is 1.78. The van der Waals surface area contributed by atoms with Crippen molar-refractivity contribution < 1.29 is 4.42 Å². The maximum absolute atomic E-state index is 5.28. The Bertz CT molecular complexity index is 223. The molecule has 0 saturated heterocycles. The van der Waals surface area contributed by atoms with E-state index < -0.39 is 0 Å². The summed E-state index contributed by atoms with van der Waals surface area (Å²) in [4.78, 5) is 0. The van der Waals surface area contributed by atoms with Gasteiger partial charge in [0.1, 0.15) is 5.76 Å². The lowest BCUT2D eigenvalue weighted by Crippen LogP contribution is -1.83. The van der Waals surface area contributed by atoms with E-state index in [0.29, 0.717) is 0 Å². The molecule has 0 fully saturated rings. The molecular formula is C10H14O. The minimum absolute atomic E-state index is 1.03. The van der Waals surface area contributed by atoms with Crippen molar-refractivity contribution in [1.29, 1.82) is 0 Å². The fourth-order valence-electron chi connectivity index (χ4n) is 1.07. The van der Waals surface area contributed by atoms with E-state index in [1.807, 2.05) is 12.1 Å². The van der Waals surface area contributed by atoms with E-state index in [0.717, 1.165) is 25.0 Å². The summed E-state index contributed by atoms with van der Waals surface area (Å²) in [6.07, 6.45) is 6.93. The summed E-state index contributed by atoms with van der Waals surface area (Å²) >= 11 is 0. The predicted molar refractivity (Wildman–Crippen MR) is 46.6 cm³/mol. The molecule has 0 bridgehead atoms. The maximum Gasteiger partial charge on any atom is 0.106 e. The number of unbranched alkanes of at least 4 members (excludes halogenated alkanes) is 1. The van der Waals surface area contributed by atoms with Crippen LogP contribution in [0.25, 0.3) is 0 Å². The standard InChI is InChI=1S/C10H14O/c1-3-4-5-6-10-9(2)7-8-11-10/h3,7-8H,1,4-6H2,2H3. The van der Waals surface area contributed by atoms with Crippen LogP contribution in [-0.2, 0) is 6.42 Å². The highest BCUT2D eigenvalue weighted by molar-refractivity contribution is 5.14. The minimum Gasteiger partial charge on any atom is -0.469 e. The van der Waals surface area contributed by atoms with Crippen LogP contribution in [-0.4, -0.2) is 0 Å². The molecule has 0 aliphatic carbocycles. The van der Waals surface area contributed by atoms with Gasteiger partial charge in [-0.15, -0.1) is 6.58 Å². The van der Waals surface area contributed by atoms with Crippen LogP contribution in [0.2, 0.25) is 0 Å². The Morgan fingerprint density at radius 1 is 1.64 bits per heavy atom. The fraction of sp³-hybridized carbons (Fsp3) is 0.400. The molecule has 0 amide bonds. The van der Waals surface area contributed by atoms with Gasteiger partial charge in [0, 0.05) is 6.42 Å². The van der Waals surface area contributed by atoms with Crippen molar-refractivity contribution in [2.75, 3.05) is 0 Å². The first-order valence-electron chi connectivity index (χ1n) is 3.98. The summed E-state index contributed by atoms with van der Waals surface area (Å²) in [5, 5.41) is 0.